The van der Waals surface area contributed by atoms with Crippen molar-refractivity contribution in [3.05, 3.63) is 63.9 Å². The first-order valence-corrected chi connectivity index (χ1v) is 14.7. The Labute approximate surface area is 217 Å². The summed E-state index contributed by atoms with van der Waals surface area (Å²) in [6.45, 7) is 4.48. The third kappa shape index (κ3) is 4.77. The molecule has 0 N–H and O–H groups in total. The van der Waals surface area contributed by atoms with Crippen LogP contribution in [0.5, 0.6) is 0 Å². The Morgan fingerprint density at radius 3 is 2.77 bits per heavy atom. The number of anilines is 1. The van der Waals surface area contributed by atoms with Crippen molar-refractivity contribution in [1.29, 1.82) is 0 Å². The van der Waals surface area contributed by atoms with Gasteiger partial charge in [0.15, 0.2) is 5.13 Å². The zero-order valence-electron chi connectivity index (χ0n) is 19.2. The SMILES string of the molecule is Cc1cc(C)c2sc(N(Cc3ccco3)C(=O)C3CCCCN3S(=O)(=O)c3ccc(Cl)s3)nc2c1. The van der Waals surface area contributed by atoms with Crippen LogP contribution in [-0.4, -0.2) is 36.2 Å². The summed E-state index contributed by atoms with van der Waals surface area (Å²) >= 11 is 8.45. The van der Waals surface area contributed by atoms with Gasteiger partial charge in [-0.15, -0.1) is 11.3 Å². The number of thiazole rings is 1. The second-order valence-electron chi connectivity index (χ2n) is 8.62. The number of hydrogen-bond donors (Lipinski definition) is 0. The van der Waals surface area contributed by atoms with Gasteiger partial charge >= 0.3 is 0 Å². The molecule has 0 saturated carbocycles. The number of aromatic nitrogens is 1. The number of hydrogen-bond acceptors (Lipinski definition) is 7. The molecule has 184 valence electrons. The summed E-state index contributed by atoms with van der Waals surface area (Å²) in [6.07, 6.45) is 3.46. The highest BCUT2D eigenvalue weighted by Crippen LogP contribution is 2.36. The maximum Gasteiger partial charge on any atom is 0.253 e. The molecule has 0 aliphatic carbocycles. The van der Waals surface area contributed by atoms with E-state index in [2.05, 4.69) is 6.07 Å². The average molecular weight is 550 g/mol. The molecular formula is C24H24ClN3O4S3. The van der Waals surface area contributed by atoms with Crippen LogP contribution in [0.3, 0.4) is 0 Å². The quantitative estimate of drug-likeness (QED) is 0.294. The van der Waals surface area contributed by atoms with Gasteiger partial charge in [-0.3, -0.25) is 9.69 Å². The number of halogens is 1. The lowest BCUT2D eigenvalue weighted by molar-refractivity contribution is -0.123. The molecular weight excluding hydrogens is 526 g/mol. The standard InChI is InChI=1S/C24H24ClN3O4S3/c1-15-12-16(2)22-18(13-15)26-24(34-22)27(14-17-6-5-11-32-17)23(29)19-7-3-4-10-28(19)35(30,31)21-9-8-20(25)33-21/h5-6,8-9,11-13,19H,3-4,7,10,14H2,1-2H3. The van der Waals surface area contributed by atoms with Crippen molar-refractivity contribution >= 4 is 65.6 Å². The van der Waals surface area contributed by atoms with E-state index in [9.17, 15) is 13.2 Å². The summed E-state index contributed by atoms with van der Waals surface area (Å²) in [6, 6.07) is 9.87. The van der Waals surface area contributed by atoms with Crippen LogP contribution in [0.15, 0.2) is 51.3 Å². The lowest BCUT2D eigenvalue weighted by atomic mass is 10.0. The van der Waals surface area contributed by atoms with Crippen molar-refractivity contribution in [2.75, 3.05) is 11.4 Å². The molecule has 5 rings (SSSR count). The summed E-state index contributed by atoms with van der Waals surface area (Å²) < 4.78 is 35.4. The van der Waals surface area contributed by atoms with Crippen molar-refractivity contribution in [2.45, 2.75) is 49.9 Å². The molecule has 0 radical (unpaired) electrons. The summed E-state index contributed by atoms with van der Waals surface area (Å²) in [7, 11) is -3.87. The van der Waals surface area contributed by atoms with Crippen LogP contribution in [0.2, 0.25) is 4.34 Å². The summed E-state index contributed by atoms with van der Waals surface area (Å²) in [5, 5.41) is 0.525. The Morgan fingerprint density at radius 2 is 2.06 bits per heavy atom. The predicted molar refractivity (Wildman–Crippen MR) is 140 cm³/mol. The van der Waals surface area contributed by atoms with Gasteiger partial charge < -0.3 is 4.42 Å². The van der Waals surface area contributed by atoms with Crippen LogP contribution < -0.4 is 4.90 Å². The summed E-state index contributed by atoms with van der Waals surface area (Å²) in [5.41, 5.74) is 3.00. The number of rotatable bonds is 6. The van der Waals surface area contributed by atoms with E-state index in [1.165, 1.54) is 21.7 Å². The minimum absolute atomic E-state index is 0.144. The molecule has 1 atom stereocenters. The monoisotopic (exact) mass is 549 g/mol. The van der Waals surface area contributed by atoms with Crippen LogP contribution in [0.4, 0.5) is 5.13 Å². The molecule has 35 heavy (non-hydrogen) atoms. The molecule has 0 spiro atoms. The molecule has 0 bridgehead atoms. The minimum Gasteiger partial charge on any atom is -0.467 e. The highest BCUT2D eigenvalue weighted by molar-refractivity contribution is 7.91. The van der Waals surface area contributed by atoms with Gasteiger partial charge in [-0.25, -0.2) is 13.4 Å². The number of amides is 1. The molecule has 7 nitrogen and oxygen atoms in total. The normalized spacial score (nSPS) is 17.2. The van der Waals surface area contributed by atoms with E-state index in [4.69, 9.17) is 21.0 Å². The lowest BCUT2D eigenvalue weighted by Crippen LogP contribution is -2.52. The molecule has 4 heterocycles. The topological polar surface area (TPSA) is 83.7 Å². The van der Waals surface area contributed by atoms with E-state index in [-0.39, 0.29) is 23.2 Å². The first-order valence-electron chi connectivity index (χ1n) is 11.2. The zero-order valence-corrected chi connectivity index (χ0v) is 22.4. The van der Waals surface area contributed by atoms with Crippen molar-refractivity contribution in [3.8, 4) is 0 Å². The summed E-state index contributed by atoms with van der Waals surface area (Å²) in [4.78, 5) is 20.4. The first kappa shape index (κ1) is 24.5. The van der Waals surface area contributed by atoms with Crippen molar-refractivity contribution in [2.24, 2.45) is 0 Å². The van der Waals surface area contributed by atoms with E-state index in [1.54, 1.807) is 29.4 Å². The second-order valence-corrected chi connectivity index (χ2v) is 13.4. The number of aryl methyl sites for hydroxylation is 2. The highest BCUT2D eigenvalue weighted by atomic mass is 35.5. The molecule has 1 saturated heterocycles. The average Bonchev–Trinajstić information content (AvgIpc) is 3.58. The number of sulfonamides is 1. The van der Waals surface area contributed by atoms with Crippen LogP contribution in [0.25, 0.3) is 10.2 Å². The Morgan fingerprint density at radius 1 is 1.23 bits per heavy atom. The molecule has 11 heteroatoms. The van der Waals surface area contributed by atoms with E-state index < -0.39 is 16.1 Å². The van der Waals surface area contributed by atoms with E-state index in [1.807, 2.05) is 19.9 Å². The maximum atomic E-state index is 14.1. The van der Waals surface area contributed by atoms with Gasteiger partial charge in [0.25, 0.3) is 10.0 Å². The number of carbonyl (C=O) groups excluding carboxylic acids is 1. The number of piperidine rings is 1. The van der Waals surface area contributed by atoms with Crippen molar-refractivity contribution < 1.29 is 17.6 Å². The van der Waals surface area contributed by atoms with Crippen LogP contribution in [0, 0.1) is 13.8 Å². The third-order valence-electron chi connectivity index (χ3n) is 6.05. The molecule has 1 aliphatic heterocycles. The maximum absolute atomic E-state index is 14.1. The number of furan rings is 1. The predicted octanol–water partition coefficient (Wildman–Crippen LogP) is 6.00. The Bertz CT molecular complexity index is 1480. The zero-order chi connectivity index (χ0) is 24.7. The van der Waals surface area contributed by atoms with Crippen LogP contribution in [0.1, 0.15) is 36.1 Å². The molecule has 4 aromatic rings. The van der Waals surface area contributed by atoms with Gasteiger partial charge in [-0.1, -0.05) is 35.4 Å². The van der Waals surface area contributed by atoms with Gasteiger partial charge in [0.05, 0.1) is 27.4 Å². The second kappa shape index (κ2) is 9.67. The van der Waals surface area contributed by atoms with Crippen LogP contribution in [-0.2, 0) is 21.4 Å². The molecule has 1 unspecified atom stereocenters. The van der Waals surface area contributed by atoms with Gasteiger partial charge in [0.1, 0.15) is 16.0 Å². The fourth-order valence-corrected chi connectivity index (χ4v) is 8.73. The van der Waals surface area contributed by atoms with Crippen LogP contribution >= 0.6 is 34.3 Å². The van der Waals surface area contributed by atoms with E-state index in [0.29, 0.717) is 28.1 Å². The lowest BCUT2D eigenvalue weighted by Gasteiger charge is -2.35. The Kier molecular flexibility index (Phi) is 6.75. The molecule has 1 aliphatic rings. The Balaban J connectivity index is 1.55. The fraction of sp³-hybridized carbons (Fsp3) is 0.333. The number of fused-ring (bicyclic) bond motifs is 1. The highest BCUT2D eigenvalue weighted by Gasteiger charge is 2.41. The summed E-state index contributed by atoms with van der Waals surface area (Å²) in [5.74, 6) is 0.293. The largest absolute Gasteiger partial charge is 0.467 e. The molecule has 1 fully saturated rings. The van der Waals surface area contributed by atoms with Gasteiger partial charge in [-0.2, -0.15) is 4.31 Å². The molecule has 3 aromatic heterocycles. The molecule has 1 aromatic carbocycles. The number of thiophene rings is 1. The van der Waals surface area contributed by atoms with E-state index >= 15 is 0 Å². The Hall–Kier alpha value is -2.24. The smallest absolute Gasteiger partial charge is 0.253 e. The number of carbonyl (C=O) groups is 1. The third-order valence-corrected chi connectivity index (χ3v) is 10.9. The van der Waals surface area contributed by atoms with Gasteiger partial charge in [0, 0.05) is 6.54 Å². The van der Waals surface area contributed by atoms with Gasteiger partial charge in [-0.05, 0) is 68.1 Å². The van der Waals surface area contributed by atoms with Crippen molar-refractivity contribution in [3.63, 3.8) is 0 Å². The fourth-order valence-electron chi connectivity index (χ4n) is 4.45. The number of nitrogens with zero attached hydrogens (tertiary/aromatic N) is 3. The van der Waals surface area contributed by atoms with Crippen molar-refractivity contribution in [1.82, 2.24) is 9.29 Å². The minimum atomic E-state index is -3.87. The number of benzene rings is 1. The molecule has 1 amide bonds. The van der Waals surface area contributed by atoms with E-state index in [0.717, 1.165) is 39.1 Å². The first-order chi connectivity index (χ1) is 16.7. The van der Waals surface area contributed by atoms with Gasteiger partial charge in [0.2, 0.25) is 5.91 Å².